The summed E-state index contributed by atoms with van der Waals surface area (Å²) in [7, 11) is 0. The zero-order valence-corrected chi connectivity index (χ0v) is 11.5. The van der Waals surface area contributed by atoms with Crippen molar-refractivity contribution in [2.24, 2.45) is 0 Å². The van der Waals surface area contributed by atoms with Crippen molar-refractivity contribution >= 4 is 17.2 Å². The van der Waals surface area contributed by atoms with Crippen LogP contribution in [-0.4, -0.2) is 43.6 Å². The molecule has 3 heterocycles. The van der Waals surface area contributed by atoms with E-state index in [1.165, 1.54) is 17.7 Å². The molecule has 2 aromatic rings. The summed E-state index contributed by atoms with van der Waals surface area (Å²) in [6.07, 6.45) is 5.29. The fraction of sp³-hybridized carbons (Fsp3) is 0.500. The zero-order valence-electron chi connectivity index (χ0n) is 10.7. The molecule has 0 aromatic carbocycles. The molecule has 0 bridgehead atoms. The van der Waals surface area contributed by atoms with Crippen molar-refractivity contribution in [3.8, 4) is 0 Å². The first-order valence-electron chi connectivity index (χ1n) is 6.29. The highest BCUT2D eigenvalue weighted by Gasteiger charge is 2.27. The number of piperidine rings is 1. The number of rotatable bonds is 2. The average Bonchev–Trinajstić information content (AvgIpc) is 3.09. The molecule has 1 aliphatic rings. The summed E-state index contributed by atoms with van der Waals surface area (Å²) in [5, 5.41) is 4.17. The van der Waals surface area contributed by atoms with Crippen molar-refractivity contribution < 1.29 is 4.79 Å². The maximum atomic E-state index is 12.4. The summed E-state index contributed by atoms with van der Waals surface area (Å²) in [4.78, 5) is 23.2. The molecule has 3 rings (SSSR count). The van der Waals surface area contributed by atoms with E-state index in [0.717, 1.165) is 30.0 Å². The van der Waals surface area contributed by atoms with Gasteiger partial charge < -0.3 is 4.90 Å². The monoisotopic (exact) mass is 277 g/mol. The van der Waals surface area contributed by atoms with Crippen LogP contribution in [0.25, 0.3) is 0 Å². The van der Waals surface area contributed by atoms with Crippen LogP contribution >= 0.6 is 11.3 Å². The summed E-state index contributed by atoms with van der Waals surface area (Å²) in [5.74, 6) is 0.0878. The number of thiazole rings is 1. The SMILES string of the molecule is Cc1ncsc1C(=O)N1CCC[C@H](n2cncn2)C1. The molecule has 1 saturated heterocycles. The molecule has 1 fully saturated rings. The van der Waals surface area contributed by atoms with E-state index >= 15 is 0 Å². The van der Waals surface area contributed by atoms with Crippen molar-refractivity contribution in [1.29, 1.82) is 0 Å². The minimum Gasteiger partial charge on any atom is -0.336 e. The Balaban J connectivity index is 1.75. The lowest BCUT2D eigenvalue weighted by Gasteiger charge is -2.32. The number of aryl methyl sites for hydroxylation is 1. The highest BCUT2D eigenvalue weighted by Crippen LogP contribution is 2.23. The Hall–Kier alpha value is -1.76. The zero-order chi connectivity index (χ0) is 13.2. The summed E-state index contributed by atoms with van der Waals surface area (Å²) in [6.45, 7) is 3.38. The van der Waals surface area contributed by atoms with E-state index in [1.54, 1.807) is 11.8 Å². The summed E-state index contributed by atoms with van der Waals surface area (Å²) < 4.78 is 1.85. The normalized spacial score (nSPS) is 19.6. The molecule has 0 spiro atoms. The third-order valence-corrected chi connectivity index (χ3v) is 4.35. The number of likely N-dealkylation sites (tertiary alicyclic amines) is 1. The maximum absolute atomic E-state index is 12.4. The molecule has 0 radical (unpaired) electrons. The molecule has 2 aromatic heterocycles. The lowest BCUT2D eigenvalue weighted by atomic mass is 10.1. The third-order valence-electron chi connectivity index (χ3n) is 3.43. The number of hydrogen-bond acceptors (Lipinski definition) is 5. The molecule has 1 atom stereocenters. The molecule has 6 nitrogen and oxygen atoms in total. The van der Waals surface area contributed by atoms with Gasteiger partial charge >= 0.3 is 0 Å². The van der Waals surface area contributed by atoms with Crippen molar-refractivity contribution in [3.05, 3.63) is 28.7 Å². The van der Waals surface area contributed by atoms with Gasteiger partial charge in [0.25, 0.3) is 5.91 Å². The predicted octanol–water partition coefficient (Wildman–Crippen LogP) is 1.52. The number of nitrogens with zero attached hydrogens (tertiary/aromatic N) is 5. The number of hydrogen-bond donors (Lipinski definition) is 0. The van der Waals surface area contributed by atoms with E-state index in [1.807, 2.05) is 16.5 Å². The topological polar surface area (TPSA) is 63.9 Å². The summed E-state index contributed by atoms with van der Waals surface area (Å²) >= 11 is 1.41. The smallest absolute Gasteiger partial charge is 0.265 e. The van der Waals surface area contributed by atoms with Crippen LogP contribution in [0.15, 0.2) is 18.2 Å². The van der Waals surface area contributed by atoms with E-state index in [9.17, 15) is 4.79 Å². The fourth-order valence-electron chi connectivity index (χ4n) is 2.41. The molecule has 0 unspecified atom stereocenters. The summed E-state index contributed by atoms with van der Waals surface area (Å²) in [5.41, 5.74) is 2.54. The van der Waals surface area contributed by atoms with Crippen molar-refractivity contribution in [2.45, 2.75) is 25.8 Å². The second-order valence-corrected chi connectivity index (χ2v) is 5.54. The molecule has 1 amide bonds. The van der Waals surface area contributed by atoms with Crippen molar-refractivity contribution in [2.75, 3.05) is 13.1 Å². The van der Waals surface area contributed by atoms with E-state index in [4.69, 9.17) is 0 Å². The minimum atomic E-state index is 0.0878. The van der Waals surface area contributed by atoms with Gasteiger partial charge in [-0.05, 0) is 19.8 Å². The maximum Gasteiger partial charge on any atom is 0.265 e. The van der Waals surface area contributed by atoms with Crippen LogP contribution in [0.2, 0.25) is 0 Å². The number of aromatic nitrogens is 4. The number of amides is 1. The lowest BCUT2D eigenvalue weighted by Crippen LogP contribution is -2.40. The lowest BCUT2D eigenvalue weighted by molar-refractivity contribution is 0.0676. The van der Waals surface area contributed by atoms with Crippen LogP contribution in [0.4, 0.5) is 0 Å². The van der Waals surface area contributed by atoms with Gasteiger partial charge in [0.2, 0.25) is 0 Å². The molecule has 100 valence electrons. The number of carbonyl (C=O) groups is 1. The first-order chi connectivity index (χ1) is 9.25. The van der Waals surface area contributed by atoms with Gasteiger partial charge in [-0.1, -0.05) is 0 Å². The van der Waals surface area contributed by atoms with Crippen LogP contribution < -0.4 is 0 Å². The Labute approximate surface area is 115 Å². The van der Waals surface area contributed by atoms with Gasteiger partial charge in [-0.2, -0.15) is 5.10 Å². The van der Waals surface area contributed by atoms with Crippen molar-refractivity contribution in [1.82, 2.24) is 24.6 Å². The molecule has 1 aliphatic heterocycles. The largest absolute Gasteiger partial charge is 0.336 e. The van der Waals surface area contributed by atoms with Gasteiger partial charge in [0, 0.05) is 13.1 Å². The second-order valence-electron chi connectivity index (χ2n) is 4.69. The van der Waals surface area contributed by atoms with Crippen LogP contribution in [0.5, 0.6) is 0 Å². The standard InChI is InChI=1S/C12H15N5OS/c1-9-11(19-8-14-9)12(18)16-4-2-3-10(5-16)17-7-13-6-15-17/h6-8,10H,2-5H2,1H3/t10-/m0/s1. The Kier molecular flexibility index (Phi) is 3.29. The van der Waals surface area contributed by atoms with Gasteiger partial charge in [0.1, 0.15) is 17.5 Å². The molecular weight excluding hydrogens is 262 g/mol. The van der Waals surface area contributed by atoms with Gasteiger partial charge in [-0.15, -0.1) is 11.3 Å². The predicted molar refractivity (Wildman–Crippen MR) is 71.0 cm³/mol. The first kappa shape index (κ1) is 12.3. The molecule has 7 heteroatoms. The molecular formula is C12H15N5OS. The van der Waals surface area contributed by atoms with Gasteiger partial charge in [0.05, 0.1) is 17.2 Å². The Morgan fingerprint density at radius 2 is 2.42 bits per heavy atom. The highest BCUT2D eigenvalue weighted by atomic mass is 32.1. The molecule has 19 heavy (non-hydrogen) atoms. The fourth-order valence-corrected chi connectivity index (χ4v) is 3.18. The third kappa shape index (κ3) is 2.37. The minimum absolute atomic E-state index is 0.0878. The molecule has 0 N–H and O–H groups in total. The van der Waals surface area contributed by atoms with E-state index < -0.39 is 0 Å². The average molecular weight is 277 g/mol. The highest BCUT2D eigenvalue weighted by molar-refractivity contribution is 7.11. The van der Waals surface area contributed by atoms with Gasteiger partial charge in [-0.3, -0.25) is 4.79 Å². The van der Waals surface area contributed by atoms with Crippen molar-refractivity contribution in [3.63, 3.8) is 0 Å². The van der Waals surface area contributed by atoms with Crippen LogP contribution in [0.1, 0.15) is 34.2 Å². The van der Waals surface area contributed by atoms with Gasteiger partial charge in [-0.25, -0.2) is 14.6 Å². The Morgan fingerprint density at radius 3 is 3.11 bits per heavy atom. The number of carbonyl (C=O) groups excluding carboxylic acids is 1. The summed E-state index contributed by atoms with van der Waals surface area (Å²) in [6, 6.07) is 0.230. The Morgan fingerprint density at radius 1 is 1.53 bits per heavy atom. The van der Waals surface area contributed by atoms with Gasteiger partial charge in [0.15, 0.2) is 0 Å². The first-order valence-corrected chi connectivity index (χ1v) is 7.17. The quantitative estimate of drug-likeness (QED) is 0.835. The van der Waals surface area contributed by atoms with Crippen LogP contribution in [0.3, 0.4) is 0 Å². The van der Waals surface area contributed by atoms with Crippen LogP contribution in [-0.2, 0) is 0 Å². The second kappa shape index (κ2) is 5.08. The molecule has 0 aliphatic carbocycles. The molecule has 0 saturated carbocycles. The Bertz CT molecular complexity index is 564. The van der Waals surface area contributed by atoms with E-state index in [0.29, 0.717) is 6.54 Å². The van der Waals surface area contributed by atoms with Crippen LogP contribution in [0, 0.1) is 6.92 Å². The van der Waals surface area contributed by atoms with E-state index in [2.05, 4.69) is 15.1 Å². The van der Waals surface area contributed by atoms with E-state index in [-0.39, 0.29) is 11.9 Å².